The molecule has 6 atom stereocenters. The Morgan fingerprint density at radius 2 is 0.933 bits per heavy atom. The summed E-state index contributed by atoms with van der Waals surface area (Å²) in [4.78, 5) is 55.3. The molecule has 0 aromatic rings. The fourth-order valence-electron chi connectivity index (χ4n) is 4.85. The minimum absolute atomic E-state index is 0.0168. The first-order valence-corrected chi connectivity index (χ1v) is 14.2. The number of carbonyl (C=O) groups is 4. The summed E-state index contributed by atoms with van der Waals surface area (Å²) in [6.45, 7) is -3.86. The summed E-state index contributed by atoms with van der Waals surface area (Å²) in [7, 11) is 1.27. The first kappa shape index (κ1) is 40.4. The largest absolute Gasteiger partial charge is 0.480 e. The summed E-state index contributed by atoms with van der Waals surface area (Å²) in [5.74, 6) is -4.73. The molecule has 0 spiro atoms. The molecule has 0 aromatic carbocycles. The number of likely N-dealkylation sites (N-methyl/N-ethyl adjacent to an activating group) is 1. The number of hydrogen-bond donors (Lipinski definition) is 11. The van der Waals surface area contributed by atoms with Gasteiger partial charge in [-0.15, -0.1) is 0 Å². The average molecular weight is 658 g/mol. The SMILES string of the molecule is CN(CC(O)C(O)C(O)C(O)O)C(=O)CN1CCN(C(CO)C(=O)O)CCN(C(CO)C(=O)O)CCN(C(CO)C(=O)O)CC1. The Morgan fingerprint density at radius 3 is 1.22 bits per heavy atom. The minimum Gasteiger partial charge on any atom is -0.480 e. The van der Waals surface area contributed by atoms with Crippen LogP contribution in [-0.2, 0) is 19.2 Å². The Hall–Kier alpha value is -2.60. The molecule has 1 saturated heterocycles. The van der Waals surface area contributed by atoms with Gasteiger partial charge in [0.15, 0.2) is 6.29 Å². The van der Waals surface area contributed by atoms with Crippen molar-refractivity contribution in [3.05, 3.63) is 0 Å². The van der Waals surface area contributed by atoms with Crippen LogP contribution in [0.25, 0.3) is 0 Å². The van der Waals surface area contributed by atoms with Crippen molar-refractivity contribution in [3.8, 4) is 0 Å². The highest BCUT2D eigenvalue weighted by Crippen LogP contribution is 2.11. The molecule has 45 heavy (non-hydrogen) atoms. The predicted octanol–water partition coefficient (Wildman–Crippen LogP) is -7.60. The van der Waals surface area contributed by atoms with E-state index in [2.05, 4.69) is 0 Å². The average Bonchev–Trinajstić information content (AvgIpc) is 2.96. The number of hydrogen-bond acceptors (Lipinski definition) is 16. The van der Waals surface area contributed by atoms with Crippen LogP contribution in [0.1, 0.15) is 0 Å². The Labute approximate surface area is 259 Å². The maximum atomic E-state index is 13.1. The number of carbonyl (C=O) groups excluding carboxylic acids is 1. The maximum Gasteiger partial charge on any atom is 0.323 e. The molecule has 0 bridgehead atoms. The Kier molecular flexibility index (Phi) is 17.8. The van der Waals surface area contributed by atoms with Gasteiger partial charge in [0, 0.05) is 66.0 Å². The van der Waals surface area contributed by atoms with Gasteiger partial charge in [0.05, 0.1) is 26.4 Å². The van der Waals surface area contributed by atoms with E-state index in [0.717, 1.165) is 4.90 Å². The number of carboxylic acid groups (broad SMARTS) is 3. The van der Waals surface area contributed by atoms with Crippen LogP contribution in [0.5, 0.6) is 0 Å². The van der Waals surface area contributed by atoms with E-state index < -0.39 is 92.9 Å². The van der Waals surface area contributed by atoms with Gasteiger partial charge < -0.3 is 61.1 Å². The molecule has 0 saturated carbocycles. The third-order valence-electron chi connectivity index (χ3n) is 7.75. The second-order valence-electron chi connectivity index (χ2n) is 10.7. The number of aliphatic hydroxyl groups is 8. The summed E-state index contributed by atoms with van der Waals surface area (Å²) < 4.78 is 0. The van der Waals surface area contributed by atoms with Gasteiger partial charge in [-0.25, -0.2) is 0 Å². The smallest absolute Gasteiger partial charge is 0.323 e. The highest BCUT2D eigenvalue weighted by Gasteiger charge is 2.34. The van der Waals surface area contributed by atoms with E-state index in [1.165, 1.54) is 26.6 Å². The maximum absolute atomic E-state index is 13.1. The molecule has 1 amide bonds. The standard InChI is InChI=1S/C25H47N5O15/c1-26(10-18(34)20(36)21(37)25(44)45)19(35)11-27-2-4-28(15(12-31)22(38)39)6-8-30(17(14-33)24(42)43)9-7-29(5-3-27)16(13-32)23(40)41/h15-18,20-21,25,31-34,36-37,44-45H,2-14H2,1H3,(H,38,39)(H,40,41)(H,42,43). The highest BCUT2D eigenvalue weighted by atomic mass is 16.5. The van der Waals surface area contributed by atoms with Gasteiger partial charge in [-0.05, 0) is 0 Å². The molecule has 11 N–H and O–H groups in total. The van der Waals surface area contributed by atoms with Crippen LogP contribution in [0.2, 0.25) is 0 Å². The van der Waals surface area contributed by atoms with Gasteiger partial charge >= 0.3 is 17.9 Å². The monoisotopic (exact) mass is 657 g/mol. The third-order valence-corrected chi connectivity index (χ3v) is 7.75. The number of nitrogens with zero attached hydrogens (tertiary/aromatic N) is 5. The van der Waals surface area contributed by atoms with Crippen molar-refractivity contribution in [2.45, 2.75) is 42.7 Å². The van der Waals surface area contributed by atoms with Crippen LogP contribution in [-0.4, -0.2) is 240 Å². The molecule has 0 radical (unpaired) electrons. The van der Waals surface area contributed by atoms with E-state index in [4.69, 9.17) is 10.2 Å². The lowest BCUT2D eigenvalue weighted by Gasteiger charge is -2.38. The first-order chi connectivity index (χ1) is 21.1. The van der Waals surface area contributed by atoms with Crippen LogP contribution in [0, 0.1) is 0 Å². The Bertz CT molecular complexity index is 909. The number of aliphatic hydroxyl groups excluding tert-OH is 7. The Morgan fingerprint density at radius 1 is 0.600 bits per heavy atom. The fourth-order valence-corrected chi connectivity index (χ4v) is 4.85. The molecule has 20 nitrogen and oxygen atoms in total. The van der Waals surface area contributed by atoms with Crippen molar-refractivity contribution in [2.75, 3.05) is 92.3 Å². The quantitative estimate of drug-likeness (QED) is 0.0687. The highest BCUT2D eigenvalue weighted by molar-refractivity contribution is 5.78. The zero-order valence-electron chi connectivity index (χ0n) is 25.0. The first-order valence-electron chi connectivity index (χ1n) is 14.2. The summed E-state index contributed by atoms with van der Waals surface area (Å²) in [5, 5.41) is 106. The fraction of sp³-hybridized carbons (Fsp3) is 0.840. The summed E-state index contributed by atoms with van der Waals surface area (Å²) >= 11 is 0. The summed E-state index contributed by atoms with van der Waals surface area (Å²) in [6, 6.07) is -4.22. The summed E-state index contributed by atoms with van der Waals surface area (Å²) in [6.07, 6.45) is -8.24. The van der Waals surface area contributed by atoms with E-state index in [1.807, 2.05) is 0 Å². The van der Waals surface area contributed by atoms with E-state index in [9.17, 15) is 65.1 Å². The number of aliphatic carboxylic acids is 3. The zero-order valence-corrected chi connectivity index (χ0v) is 25.0. The third kappa shape index (κ3) is 12.6. The molecule has 6 unspecified atom stereocenters. The topological polar surface area (TPSA) is 307 Å². The lowest BCUT2D eigenvalue weighted by molar-refractivity contribution is -0.178. The number of rotatable bonds is 16. The van der Waals surface area contributed by atoms with Crippen LogP contribution in [0.15, 0.2) is 0 Å². The van der Waals surface area contributed by atoms with Crippen molar-refractivity contribution in [1.29, 1.82) is 0 Å². The zero-order chi connectivity index (χ0) is 34.4. The van der Waals surface area contributed by atoms with Crippen molar-refractivity contribution < 1.29 is 75.3 Å². The van der Waals surface area contributed by atoms with E-state index >= 15 is 0 Å². The van der Waals surface area contributed by atoms with Crippen LogP contribution >= 0.6 is 0 Å². The molecule has 20 heteroatoms. The lowest BCUT2D eigenvalue weighted by Crippen LogP contribution is -2.57. The number of amides is 1. The van der Waals surface area contributed by atoms with E-state index in [1.54, 1.807) is 0 Å². The van der Waals surface area contributed by atoms with Gasteiger partial charge in [-0.3, -0.25) is 38.8 Å². The molecule has 1 rings (SSSR count). The van der Waals surface area contributed by atoms with E-state index in [-0.39, 0.29) is 58.9 Å². The normalized spacial score (nSPS) is 21.1. The van der Waals surface area contributed by atoms with Gasteiger partial charge in [0.1, 0.15) is 36.4 Å². The lowest BCUT2D eigenvalue weighted by atomic mass is 10.1. The summed E-state index contributed by atoms with van der Waals surface area (Å²) in [5.41, 5.74) is 0. The van der Waals surface area contributed by atoms with Crippen molar-refractivity contribution in [1.82, 2.24) is 24.5 Å². The van der Waals surface area contributed by atoms with E-state index in [0.29, 0.717) is 0 Å². The molecule has 1 fully saturated rings. The van der Waals surface area contributed by atoms with Crippen molar-refractivity contribution in [3.63, 3.8) is 0 Å². The molecule has 0 aliphatic carbocycles. The van der Waals surface area contributed by atoms with Gasteiger partial charge in [0.25, 0.3) is 0 Å². The molecule has 1 aliphatic rings. The number of carboxylic acids is 3. The molecule has 262 valence electrons. The van der Waals surface area contributed by atoms with Crippen molar-refractivity contribution in [2.24, 2.45) is 0 Å². The molecular weight excluding hydrogens is 610 g/mol. The van der Waals surface area contributed by atoms with Gasteiger partial charge in [-0.1, -0.05) is 0 Å². The predicted molar refractivity (Wildman–Crippen MR) is 151 cm³/mol. The van der Waals surface area contributed by atoms with Crippen molar-refractivity contribution >= 4 is 23.8 Å². The molecule has 1 aliphatic heterocycles. The molecule has 1 heterocycles. The molecular formula is C25H47N5O15. The van der Waals surface area contributed by atoms with Crippen LogP contribution < -0.4 is 0 Å². The van der Waals surface area contributed by atoms with Gasteiger partial charge in [-0.2, -0.15) is 0 Å². The second-order valence-corrected chi connectivity index (χ2v) is 10.7. The second kappa shape index (κ2) is 19.8. The van der Waals surface area contributed by atoms with Crippen LogP contribution in [0.3, 0.4) is 0 Å². The molecule has 0 aromatic heterocycles. The van der Waals surface area contributed by atoms with Gasteiger partial charge in [0.2, 0.25) is 5.91 Å². The minimum atomic E-state index is -2.35. The van der Waals surface area contributed by atoms with Crippen LogP contribution in [0.4, 0.5) is 0 Å². The Balaban J connectivity index is 3.31.